The average Bonchev–Trinajstić information content (AvgIpc) is 3.11. The lowest BCUT2D eigenvalue weighted by Crippen LogP contribution is -2.18. The van der Waals surface area contributed by atoms with Gasteiger partial charge in [0.2, 0.25) is 0 Å². The van der Waals surface area contributed by atoms with E-state index < -0.39 is 0 Å². The zero-order valence-corrected chi connectivity index (χ0v) is 16.8. The molecule has 0 fully saturated rings. The van der Waals surface area contributed by atoms with Crippen LogP contribution in [-0.4, -0.2) is 5.71 Å². The van der Waals surface area contributed by atoms with Gasteiger partial charge in [0, 0.05) is 10.9 Å². The lowest BCUT2D eigenvalue weighted by molar-refractivity contribution is 0.709. The minimum atomic E-state index is 0.107. The van der Waals surface area contributed by atoms with Crippen molar-refractivity contribution >= 4 is 50.5 Å². The van der Waals surface area contributed by atoms with E-state index in [1.165, 1.54) is 5.56 Å². The first-order valence-electron chi connectivity index (χ1n) is 8.24. The Morgan fingerprint density at radius 1 is 0.885 bits per heavy atom. The highest BCUT2D eigenvalue weighted by Gasteiger charge is 2.30. The predicted molar refractivity (Wildman–Crippen MR) is 113 cm³/mol. The fourth-order valence-electron chi connectivity index (χ4n) is 3.13. The lowest BCUT2D eigenvalue weighted by Gasteiger charge is -2.24. The first kappa shape index (κ1) is 17.6. The van der Waals surface area contributed by atoms with E-state index in [4.69, 9.17) is 28.3 Å². The number of anilines is 1. The SMILES string of the molecule is Clc1ccc(N2N=C(c3ccccc3)C[C@H]2c2ccc(Br)cc2)cc1Cl. The minimum absolute atomic E-state index is 0.107. The van der Waals surface area contributed by atoms with E-state index in [1.54, 1.807) is 0 Å². The summed E-state index contributed by atoms with van der Waals surface area (Å²) < 4.78 is 1.06. The summed E-state index contributed by atoms with van der Waals surface area (Å²) in [6, 6.07) is 24.4. The van der Waals surface area contributed by atoms with Gasteiger partial charge in [0.25, 0.3) is 0 Å². The Morgan fingerprint density at radius 3 is 2.31 bits per heavy atom. The first-order valence-corrected chi connectivity index (χ1v) is 9.79. The first-order chi connectivity index (χ1) is 12.6. The largest absolute Gasteiger partial charge is 0.257 e. The summed E-state index contributed by atoms with van der Waals surface area (Å²) in [5, 5.41) is 8.02. The van der Waals surface area contributed by atoms with Gasteiger partial charge in [0.05, 0.1) is 27.5 Å². The van der Waals surface area contributed by atoms with E-state index >= 15 is 0 Å². The molecule has 0 saturated carbocycles. The molecule has 3 aromatic rings. The number of nitrogens with zero attached hydrogens (tertiary/aromatic N) is 2. The monoisotopic (exact) mass is 444 g/mol. The smallest absolute Gasteiger partial charge is 0.0831 e. The minimum Gasteiger partial charge on any atom is -0.257 e. The molecule has 0 unspecified atom stereocenters. The Kier molecular flexibility index (Phi) is 5.03. The van der Waals surface area contributed by atoms with E-state index in [9.17, 15) is 0 Å². The normalized spacial score (nSPS) is 16.7. The summed E-state index contributed by atoms with van der Waals surface area (Å²) in [4.78, 5) is 0. The number of benzene rings is 3. The molecule has 0 aliphatic carbocycles. The molecular formula is C21H15BrCl2N2. The number of hydrogen-bond acceptors (Lipinski definition) is 2. The Hall–Kier alpha value is -1.81. The van der Waals surface area contributed by atoms with Crippen LogP contribution < -0.4 is 5.01 Å². The number of hydrogen-bond donors (Lipinski definition) is 0. The van der Waals surface area contributed by atoms with Crippen molar-refractivity contribution in [1.29, 1.82) is 0 Å². The molecule has 4 rings (SSSR count). The van der Waals surface area contributed by atoms with Crippen molar-refractivity contribution in [3.8, 4) is 0 Å². The topological polar surface area (TPSA) is 15.6 Å². The van der Waals surface area contributed by atoms with E-state index in [-0.39, 0.29) is 6.04 Å². The predicted octanol–water partition coefficient (Wildman–Crippen LogP) is 7.11. The van der Waals surface area contributed by atoms with Crippen LogP contribution in [-0.2, 0) is 0 Å². The van der Waals surface area contributed by atoms with Crippen molar-refractivity contribution in [1.82, 2.24) is 0 Å². The third-order valence-electron chi connectivity index (χ3n) is 4.44. The number of hydrazone groups is 1. The number of halogens is 3. The average molecular weight is 446 g/mol. The van der Waals surface area contributed by atoms with Gasteiger partial charge in [-0.15, -0.1) is 0 Å². The molecule has 2 nitrogen and oxygen atoms in total. The second-order valence-corrected chi connectivity index (χ2v) is 7.86. The van der Waals surface area contributed by atoms with Gasteiger partial charge in [0.15, 0.2) is 0 Å². The maximum absolute atomic E-state index is 6.25. The summed E-state index contributed by atoms with van der Waals surface area (Å²) in [6.45, 7) is 0. The van der Waals surface area contributed by atoms with Crippen molar-refractivity contribution in [2.24, 2.45) is 5.10 Å². The Labute approximate surface area is 171 Å². The standard InChI is InChI=1S/C21H15BrCl2N2/c22-16-8-6-15(7-9-16)21-13-20(14-4-2-1-3-5-14)25-26(21)17-10-11-18(23)19(24)12-17/h1-12,21H,13H2/t21-/m0/s1. The second kappa shape index (κ2) is 7.43. The summed E-state index contributed by atoms with van der Waals surface area (Å²) in [5.74, 6) is 0. The van der Waals surface area contributed by atoms with Crippen LogP contribution in [0.5, 0.6) is 0 Å². The van der Waals surface area contributed by atoms with E-state index in [0.29, 0.717) is 10.0 Å². The summed E-state index contributed by atoms with van der Waals surface area (Å²) in [5.41, 5.74) is 4.33. The Morgan fingerprint density at radius 2 is 1.62 bits per heavy atom. The van der Waals surface area contributed by atoms with Gasteiger partial charge in [-0.25, -0.2) is 0 Å². The van der Waals surface area contributed by atoms with Crippen LogP contribution in [0.4, 0.5) is 5.69 Å². The molecule has 1 heterocycles. The van der Waals surface area contributed by atoms with Gasteiger partial charge in [-0.05, 0) is 41.5 Å². The van der Waals surface area contributed by atoms with E-state index in [2.05, 4.69) is 52.3 Å². The molecular weight excluding hydrogens is 431 g/mol. The van der Waals surface area contributed by atoms with E-state index in [1.807, 2.05) is 41.4 Å². The molecule has 1 atom stereocenters. The highest BCUT2D eigenvalue weighted by Crippen LogP contribution is 2.38. The van der Waals surface area contributed by atoms with Gasteiger partial charge in [-0.2, -0.15) is 5.10 Å². The van der Waals surface area contributed by atoms with Crippen LogP contribution >= 0.6 is 39.1 Å². The lowest BCUT2D eigenvalue weighted by atomic mass is 9.98. The fourth-order valence-corrected chi connectivity index (χ4v) is 3.68. The maximum Gasteiger partial charge on any atom is 0.0831 e. The van der Waals surface area contributed by atoms with Crippen molar-refractivity contribution in [3.63, 3.8) is 0 Å². The van der Waals surface area contributed by atoms with Crippen molar-refractivity contribution in [2.45, 2.75) is 12.5 Å². The quantitative estimate of drug-likeness (QED) is 0.419. The molecule has 0 N–H and O–H groups in total. The molecule has 0 saturated heterocycles. The molecule has 0 bridgehead atoms. The zero-order chi connectivity index (χ0) is 18.1. The third-order valence-corrected chi connectivity index (χ3v) is 5.71. The summed E-state index contributed by atoms with van der Waals surface area (Å²) >= 11 is 15.8. The van der Waals surface area contributed by atoms with E-state index in [0.717, 1.165) is 27.9 Å². The number of rotatable bonds is 3. The summed E-state index contributed by atoms with van der Waals surface area (Å²) in [7, 11) is 0. The van der Waals surface area contributed by atoms with Crippen LogP contribution in [0.2, 0.25) is 10.0 Å². The molecule has 1 aliphatic heterocycles. The van der Waals surface area contributed by atoms with Gasteiger partial charge < -0.3 is 0 Å². The van der Waals surface area contributed by atoms with Gasteiger partial charge in [0.1, 0.15) is 0 Å². The summed E-state index contributed by atoms with van der Waals surface area (Å²) in [6.07, 6.45) is 0.825. The van der Waals surface area contributed by atoms with Gasteiger partial charge in [-0.3, -0.25) is 5.01 Å². The molecule has 26 heavy (non-hydrogen) atoms. The van der Waals surface area contributed by atoms with Crippen LogP contribution in [0.1, 0.15) is 23.6 Å². The highest BCUT2D eigenvalue weighted by molar-refractivity contribution is 9.10. The molecule has 0 radical (unpaired) electrons. The molecule has 1 aliphatic rings. The van der Waals surface area contributed by atoms with Crippen molar-refractivity contribution in [2.75, 3.05) is 5.01 Å². The zero-order valence-electron chi connectivity index (χ0n) is 13.7. The molecule has 0 spiro atoms. The molecule has 130 valence electrons. The van der Waals surface area contributed by atoms with Crippen LogP contribution in [0.25, 0.3) is 0 Å². The van der Waals surface area contributed by atoms with Crippen molar-refractivity contribution in [3.05, 3.63) is 98.4 Å². The van der Waals surface area contributed by atoms with Crippen LogP contribution in [0.15, 0.2) is 82.4 Å². The molecule has 0 amide bonds. The van der Waals surface area contributed by atoms with Gasteiger partial charge in [-0.1, -0.05) is 81.6 Å². The molecule has 0 aromatic heterocycles. The van der Waals surface area contributed by atoms with Gasteiger partial charge >= 0.3 is 0 Å². The Bertz CT molecular complexity index is 956. The molecule has 5 heteroatoms. The van der Waals surface area contributed by atoms with Crippen LogP contribution in [0.3, 0.4) is 0 Å². The fraction of sp³-hybridized carbons (Fsp3) is 0.0952. The van der Waals surface area contributed by atoms with Crippen molar-refractivity contribution < 1.29 is 0 Å². The Balaban J connectivity index is 1.77. The highest BCUT2D eigenvalue weighted by atomic mass is 79.9. The third kappa shape index (κ3) is 3.52. The van der Waals surface area contributed by atoms with Crippen LogP contribution in [0, 0.1) is 0 Å². The second-order valence-electron chi connectivity index (χ2n) is 6.13. The molecule has 3 aromatic carbocycles. The maximum atomic E-state index is 6.25.